The van der Waals surface area contributed by atoms with Crippen molar-refractivity contribution in [2.24, 2.45) is 16.7 Å². The molecule has 5 heterocycles. The Morgan fingerprint density at radius 2 is 1.33 bits per heavy atom. The van der Waals surface area contributed by atoms with Gasteiger partial charge in [0, 0.05) is 85.5 Å². The van der Waals surface area contributed by atoms with Crippen LogP contribution < -0.4 is 26.3 Å². The van der Waals surface area contributed by atoms with E-state index < -0.39 is 147 Å². The quantitative estimate of drug-likeness (QED) is 0.00857. The Morgan fingerprint density at radius 1 is 0.789 bits per heavy atom. The SMILES string of the molecule is COC(=O)NC(C(=O)N[C@@H](Cc1ccc(C#Cc2cnc(N3CC4CCC(C3)N4C3COC3)nc2)cc1)[C@@H](CC(=O)OCOP(=O)(O)O)CN(Cc1c(F)cc(-c2ccn(C(F)F)n2)cc1F)NC(=O)[C@@H](NC(=O)OC)C(C)(C)C(F)(F)F)C(C)(C)C(F)(F)F. The molecule has 6 atom stereocenters. The molecule has 90 heavy (non-hydrogen) atoms. The van der Waals surface area contributed by atoms with E-state index in [1.165, 1.54) is 24.3 Å². The molecule has 3 unspecified atom stereocenters. The van der Waals surface area contributed by atoms with Crippen molar-refractivity contribution in [3.63, 3.8) is 0 Å². The standard InChI is InChI=1S/C55H64F10N11O13P/c1-52(2,54(60,61)62)44(69-50(80)85-5)46(78)68-42(17-31-10-7-30(8-11-31)9-12-32-21-66-49(67-22-32)73-24-35-13-14-36(25-73)76(35)37-27-87-28-37)34(20-43(77)88-29-89-90(82,83)84)23-74(72-47(79)45(70-51(81)86-6)53(3,4)55(63,64)65)26-38-39(56)18-33(19-40(38)57)41-15-16-75(71-41)48(58)59/h7-8,10-11,15-16,18-19,21-22,34-37,42,44-45,48H,13-14,17,20,23-29H2,1-6H3,(H,68,78)(H,69,80)(H,70,81)(H,72,79)(H2,82,83,84)/t34-,35?,36?,42-,44?,45+/m0/s1. The van der Waals surface area contributed by atoms with Crippen molar-refractivity contribution in [1.29, 1.82) is 0 Å². The van der Waals surface area contributed by atoms with Crippen LogP contribution in [-0.4, -0.2) is 172 Å². The van der Waals surface area contributed by atoms with E-state index in [-0.39, 0.29) is 15.9 Å². The third-order valence-corrected chi connectivity index (χ3v) is 16.1. The lowest BCUT2D eigenvalue weighted by atomic mass is 9.82. The van der Waals surface area contributed by atoms with Crippen molar-refractivity contribution in [2.75, 3.05) is 58.8 Å². The number of halogens is 10. The molecule has 0 radical (unpaired) electrons. The number of hydrogen-bond donors (Lipinski definition) is 6. The van der Waals surface area contributed by atoms with Gasteiger partial charge in [0.2, 0.25) is 18.6 Å². The zero-order valence-electron chi connectivity index (χ0n) is 48.9. The van der Waals surface area contributed by atoms with E-state index in [1.54, 1.807) is 17.7 Å². The number of nitrogens with zero attached hydrogens (tertiary/aromatic N) is 7. The fourth-order valence-corrected chi connectivity index (χ4v) is 10.5. The van der Waals surface area contributed by atoms with Gasteiger partial charge in [-0.2, -0.15) is 40.2 Å². The van der Waals surface area contributed by atoms with Gasteiger partial charge in [-0.3, -0.25) is 24.7 Å². The van der Waals surface area contributed by atoms with E-state index in [9.17, 15) is 73.4 Å². The lowest BCUT2D eigenvalue weighted by Gasteiger charge is -2.47. The summed E-state index contributed by atoms with van der Waals surface area (Å²) in [5, 5.41) is 10.00. The molecular weight excluding hydrogens is 1240 g/mol. The number of ether oxygens (including phenoxy) is 4. The zero-order chi connectivity index (χ0) is 66.3. The van der Waals surface area contributed by atoms with Crippen LogP contribution in [0.4, 0.5) is 59.4 Å². The summed E-state index contributed by atoms with van der Waals surface area (Å²) in [5.41, 5.74) is -5.26. The molecule has 3 aliphatic heterocycles. The van der Waals surface area contributed by atoms with E-state index in [0.29, 0.717) is 93.3 Å². The number of aromatic nitrogens is 4. The molecule has 35 heteroatoms. The predicted octanol–water partition coefficient (Wildman–Crippen LogP) is 6.27. The molecule has 7 rings (SSSR count). The Balaban J connectivity index is 1.28. The van der Waals surface area contributed by atoms with E-state index >= 15 is 8.78 Å². The first-order valence-corrected chi connectivity index (χ1v) is 29.0. The van der Waals surface area contributed by atoms with Gasteiger partial charge in [0.1, 0.15) is 23.7 Å². The molecule has 492 valence electrons. The average Bonchev–Trinajstić information content (AvgIpc) is 1.50. The number of nitrogens with one attached hydrogen (secondary N) is 4. The summed E-state index contributed by atoms with van der Waals surface area (Å²) < 4.78 is 184. The van der Waals surface area contributed by atoms with Gasteiger partial charge in [0.05, 0.1) is 62.0 Å². The second-order valence-corrected chi connectivity index (χ2v) is 23.7. The number of carbonyl (C=O) groups excluding carboxylic acids is 5. The fourth-order valence-electron chi connectivity index (χ4n) is 10.3. The van der Waals surface area contributed by atoms with Gasteiger partial charge in [0.15, 0.2) is 0 Å². The maximum atomic E-state index is 16.4. The molecular formula is C55H64F10N11O13P. The highest BCUT2D eigenvalue weighted by Crippen LogP contribution is 2.43. The minimum Gasteiger partial charge on any atom is -0.453 e. The third-order valence-electron chi connectivity index (χ3n) is 15.7. The Bertz CT molecular complexity index is 3290. The number of alkyl halides is 8. The maximum absolute atomic E-state index is 16.4. The first-order valence-electron chi connectivity index (χ1n) is 27.5. The lowest BCUT2D eigenvalue weighted by Crippen LogP contribution is -2.63. The number of phosphoric acid groups is 1. The number of methoxy groups -OCH3 is 2. The monoisotopic (exact) mass is 1310 g/mol. The predicted molar refractivity (Wildman–Crippen MR) is 293 cm³/mol. The van der Waals surface area contributed by atoms with Crippen LogP contribution in [0.2, 0.25) is 0 Å². The second kappa shape index (κ2) is 28.7. The van der Waals surface area contributed by atoms with Crippen molar-refractivity contribution in [3.8, 4) is 23.1 Å². The molecule has 2 aromatic heterocycles. The zero-order valence-corrected chi connectivity index (χ0v) is 49.8. The number of carbonyl (C=O) groups is 5. The fraction of sp³-hybridized carbons (Fsp3) is 0.527. The number of phosphoric ester groups is 1. The van der Waals surface area contributed by atoms with Crippen LogP contribution in [0.3, 0.4) is 0 Å². The largest absolute Gasteiger partial charge is 0.472 e. The lowest BCUT2D eigenvalue weighted by molar-refractivity contribution is -0.221. The summed E-state index contributed by atoms with van der Waals surface area (Å²) in [7, 11) is -3.87. The van der Waals surface area contributed by atoms with Crippen molar-refractivity contribution in [3.05, 3.63) is 94.9 Å². The van der Waals surface area contributed by atoms with Gasteiger partial charge >= 0.3 is 44.9 Å². The first kappa shape index (κ1) is 69.8. The van der Waals surface area contributed by atoms with E-state index in [2.05, 4.69) is 56.0 Å². The van der Waals surface area contributed by atoms with Gasteiger partial charge < -0.3 is 49.6 Å². The average molecular weight is 1310 g/mol. The summed E-state index contributed by atoms with van der Waals surface area (Å²) >= 11 is 0. The minimum absolute atomic E-state index is 0.157. The molecule has 3 fully saturated rings. The van der Waals surface area contributed by atoms with Crippen LogP contribution >= 0.6 is 7.82 Å². The molecule has 2 bridgehead atoms. The number of hydrogen-bond acceptors (Lipinski definition) is 17. The van der Waals surface area contributed by atoms with Crippen molar-refractivity contribution in [1.82, 2.24) is 51.0 Å². The van der Waals surface area contributed by atoms with E-state index in [1.807, 2.05) is 10.7 Å². The summed E-state index contributed by atoms with van der Waals surface area (Å²) in [4.78, 5) is 100. The Labute approximate surface area is 507 Å². The number of hydrazine groups is 1. The highest BCUT2D eigenvalue weighted by atomic mass is 31.2. The number of amides is 4. The molecule has 4 amide bonds. The molecule has 6 N–H and O–H groups in total. The summed E-state index contributed by atoms with van der Waals surface area (Å²) in [6.07, 6.45) is -9.56. The summed E-state index contributed by atoms with van der Waals surface area (Å²) in [6.45, 7) is -2.16. The number of benzene rings is 2. The number of alkyl carbamates (subject to hydrolysis) is 2. The normalized spacial score (nSPS) is 17.9. The number of esters is 1. The Kier molecular flexibility index (Phi) is 22.2. The van der Waals surface area contributed by atoms with Crippen LogP contribution in [-0.2, 0) is 55.4 Å². The molecule has 3 saturated heterocycles. The van der Waals surface area contributed by atoms with Crippen LogP contribution in [0.15, 0.2) is 61.1 Å². The second-order valence-electron chi connectivity index (χ2n) is 22.5. The number of fused-ring (bicyclic) bond motifs is 2. The Morgan fingerprint density at radius 3 is 1.82 bits per heavy atom. The molecule has 3 aliphatic rings. The van der Waals surface area contributed by atoms with Gasteiger partial charge in [-0.25, -0.2) is 47.1 Å². The molecule has 24 nitrogen and oxygen atoms in total. The van der Waals surface area contributed by atoms with E-state index in [4.69, 9.17) is 9.47 Å². The van der Waals surface area contributed by atoms with Crippen molar-refractivity contribution < 1.29 is 106 Å². The number of piperazine rings is 1. The summed E-state index contributed by atoms with van der Waals surface area (Å²) in [6, 6.07) is 1.89. The molecule has 2 aromatic carbocycles. The first-order chi connectivity index (χ1) is 42.1. The molecule has 0 aliphatic carbocycles. The maximum Gasteiger partial charge on any atom is 0.472 e. The molecule has 4 aromatic rings. The minimum atomic E-state index is -5.37. The van der Waals surface area contributed by atoms with E-state index in [0.717, 1.165) is 52.4 Å². The topological polar surface area (TPSA) is 290 Å². The van der Waals surface area contributed by atoms with Crippen LogP contribution in [0.5, 0.6) is 0 Å². The van der Waals surface area contributed by atoms with Crippen LogP contribution in [0.25, 0.3) is 11.3 Å². The third kappa shape index (κ3) is 17.4. The highest BCUT2D eigenvalue weighted by molar-refractivity contribution is 7.46. The van der Waals surface area contributed by atoms with Gasteiger partial charge in [0.25, 0.3) is 5.91 Å². The summed E-state index contributed by atoms with van der Waals surface area (Å²) in [5.74, 6) is -3.38. The molecule has 0 saturated carbocycles. The van der Waals surface area contributed by atoms with Gasteiger partial charge in [-0.1, -0.05) is 24.0 Å². The smallest absolute Gasteiger partial charge is 0.453 e. The van der Waals surface area contributed by atoms with Crippen molar-refractivity contribution in [2.45, 2.75) is 115 Å². The van der Waals surface area contributed by atoms with Gasteiger partial charge in [-0.15, -0.1) is 0 Å². The van der Waals surface area contributed by atoms with Crippen LogP contribution in [0.1, 0.15) is 75.8 Å². The van der Waals surface area contributed by atoms with Crippen molar-refractivity contribution >= 4 is 43.7 Å². The number of rotatable bonds is 24. The number of anilines is 1. The molecule has 0 spiro atoms. The van der Waals surface area contributed by atoms with Gasteiger partial charge in [-0.05, 0) is 82.9 Å². The highest BCUT2D eigenvalue weighted by Gasteiger charge is 2.57. The Hall–Kier alpha value is -7.67. The van der Waals surface area contributed by atoms with Crippen LogP contribution in [0, 0.1) is 40.2 Å².